The highest BCUT2D eigenvalue weighted by Gasteiger charge is 2.37. The van der Waals surface area contributed by atoms with Crippen molar-refractivity contribution in [1.82, 2.24) is 19.8 Å². The number of rotatable bonds is 3. The number of carbonyl (C=O) groups excluding carboxylic acids is 1. The van der Waals surface area contributed by atoms with Gasteiger partial charge in [0, 0.05) is 16.9 Å². The Hall–Kier alpha value is -4.16. The zero-order chi connectivity index (χ0) is 24.7. The molecule has 0 saturated heterocycles. The van der Waals surface area contributed by atoms with Crippen molar-refractivity contribution in [1.29, 1.82) is 0 Å². The highest BCUT2D eigenvalue weighted by Crippen LogP contribution is 2.37. The molecule has 4 aromatic rings. The second-order valence-corrected chi connectivity index (χ2v) is 7.19. The molecule has 0 aliphatic heterocycles. The SMILES string of the molecule is Cc1nnc2ccc(-c3cccc(NC(=O)Nc4cc(C(F)(F)F)cc(C(F)(F)F)c4)c3)nn12. The van der Waals surface area contributed by atoms with Gasteiger partial charge in [0.1, 0.15) is 0 Å². The fourth-order valence-electron chi connectivity index (χ4n) is 3.13. The Morgan fingerprint density at radius 3 is 2.12 bits per heavy atom. The second kappa shape index (κ2) is 8.32. The molecule has 7 nitrogen and oxygen atoms in total. The van der Waals surface area contributed by atoms with Crippen LogP contribution in [0.4, 0.5) is 42.5 Å². The van der Waals surface area contributed by atoms with Gasteiger partial charge in [-0.3, -0.25) is 0 Å². The van der Waals surface area contributed by atoms with E-state index in [2.05, 4.69) is 20.6 Å². The van der Waals surface area contributed by atoms with Crippen molar-refractivity contribution in [2.24, 2.45) is 0 Å². The van der Waals surface area contributed by atoms with Crippen LogP contribution in [0, 0.1) is 6.92 Å². The zero-order valence-corrected chi connectivity index (χ0v) is 17.2. The number of amides is 2. The molecule has 2 N–H and O–H groups in total. The van der Waals surface area contributed by atoms with Gasteiger partial charge < -0.3 is 10.6 Å². The number of halogens is 6. The van der Waals surface area contributed by atoms with Gasteiger partial charge >= 0.3 is 18.4 Å². The van der Waals surface area contributed by atoms with Crippen LogP contribution in [-0.4, -0.2) is 25.8 Å². The van der Waals surface area contributed by atoms with E-state index in [4.69, 9.17) is 0 Å². The van der Waals surface area contributed by atoms with Crippen molar-refractivity contribution in [3.8, 4) is 11.3 Å². The molecule has 0 bridgehead atoms. The molecule has 2 heterocycles. The van der Waals surface area contributed by atoms with Crippen LogP contribution in [0.2, 0.25) is 0 Å². The number of aryl methyl sites for hydroxylation is 1. The van der Waals surface area contributed by atoms with E-state index in [-0.39, 0.29) is 11.8 Å². The van der Waals surface area contributed by atoms with Crippen molar-refractivity contribution in [2.75, 3.05) is 10.6 Å². The molecule has 34 heavy (non-hydrogen) atoms. The predicted octanol–water partition coefficient (Wildman–Crippen LogP) is 5.78. The summed E-state index contributed by atoms with van der Waals surface area (Å²) in [5.74, 6) is 0.560. The van der Waals surface area contributed by atoms with Gasteiger partial charge in [-0.1, -0.05) is 12.1 Å². The Morgan fingerprint density at radius 2 is 1.47 bits per heavy atom. The number of aromatic nitrogens is 4. The van der Waals surface area contributed by atoms with Crippen LogP contribution in [0.25, 0.3) is 16.9 Å². The number of nitrogens with one attached hydrogen (secondary N) is 2. The maximum Gasteiger partial charge on any atom is 0.416 e. The molecule has 0 unspecified atom stereocenters. The third-order valence-electron chi connectivity index (χ3n) is 4.68. The summed E-state index contributed by atoms with van der Waals surface area (Å²) in [6.07, 6.45) is -10.1. The lowest BCUT2D eigenvalue weighted by atomic mass is 10.1. The number of carbonyl (C=O) groups is 1. The second-order valence-electron chi connectivity index (χ2n) is 7.19. The lowest BCUT2D eigenvalue weighted by molar-refractivity contribution is -0.143. The minimum Gasteiger partial charge on any atom is -0.308 e. The Bertz CT molecular complexity index is 1350. The molecule has 0 aliphatic carbocycles. The fourth-order valence-corrected chi connectivity index (χ4v) is 3.13. The number of hydrogen-bond donors (Lipinski definition) is 2. The number of nitrogens with zero attached hydrogens (tertiary/aromatic N) is 4. The molecule has 0 atom stereocenters. The van der Waals surface area contributed by atoms with Crippen molar-refractivity contribution < 1.29 is 31.1 Å². The number of hydrogen-bond acceptors (Lipinski definition) is 4. The molecule has 2 aromatic heterocycles. The minimum atomic E-state index is -5.03. The van der Waals surface area contributed by atoms with E-state index in [1.165, 1.54) is 10.6 Å². The smallest absolute Gasteiger partial charge is 0.308 e. The molecule has 2 amide bonds. The van der Waals surface area contributed by atoms with Crippen LogP contribution in [0.1, 0.15) is 17.0 Å². The lowest BCUT2D eigenvalue weighted by Crippen LogP contribution is -2.20. The van der Waals surface area contributed by atoms with Gasteiger partial charge in [-0.05, 0) is 49.4 Å². The molecule has 0 saturated carbocycles. The first-order chi connectivity index (χ1) is 15.9. The molecule has 0 radical (unpaired) electrons. The maximum atomic E-state index is 13.0. The van der Waals surface area contributed by atoms with Crippen LogP contribution < -0.4 is 10.6 Å². The van der Waals surface area contributed by atoms with Gasteiger partial charge in [-0.15, -0.1) is 10.2 Å². The van der Waals surface area contributed by atoms with Gasteiger partial charge in [0.15, 0.2) is 11.5 Å². The molecule has 0 spiro atoms. The number of alkyl halides is 6. The van der Waals surface area contributed by atoms with E-state index in [1.54, 1.807) is 37.3 Å². The highest BCUT2D eigenvalue weighted by molar-refractivity contribution is 6.00. The van der Waals surface area contributed by atoms with Crippen LogP contribution in [-0.2, 0) is 12.4 Å². The monoisotopic (exact) mass is 480 g/mol. The average Bonchev–Trinajstić information content (AvgIpc) is 3.12. The van der Waals surface area contributed by atoms with Crippen LogP contribution in [0.3, 0.4) is 0 Å². The summed E-state index contributed by atoms with van der Waals surface area (Å²) in [6.45, 7) is 1.72. The number of anilines is 2. The molecule has 2 aromatic carbocycles. The van der Waals surface area contributed by atoms with E-state index in [9.17, 15) is 31.1 Å². The van der Waals surface area contributed by atoms with Crippen molar-refractivity contribution in [3.05, 3.63) is 71.5 Å². The summed E-state index contributed by atoms with van der Waals surface area (Å²) in [4.78, 5) is 12.3. The maximum absolute atomic E-state index is 13.0. The molecule has 0 aliphatic rings. The first kappa shape index (κ1) is 23.0. The average molecular weight is 480 g/mol. The summed E-state index contributed by atoms with van der Waals surface area (Å²) < 4.78 is 79.6. The Morgan fingerprint density at radius 1 is 0.824 bits per heavy atom. The van der Waals surface area contributed by atoms with E-state index in [1.807, 2.05) is 5.32 Å². The molecular weight excluding hydrogens is 466 g/mol. The largest absolute Gasteiger partial charge is 0.416 e. The summed E-state index contributed by atoms with van der Waals surface area (Å²) >= 11 is 0. The number of urea groups is 1. The predicted molar refractivity (Wildman–Crippen MR) is 110 cm³/mol. The summed E-state index contributed by atoms with van der Waals surface area (Å²) in [7, 11) is 0. The summed E-state index contributed by atoms with van der Waals surface area (Å²) in [5.41, 5.74) is -1.85. The van der Waals surface area contributed by atoms with Gasteiger partial charge in [0.05, 0.1) is 16.8 Å². The molecular formula is C21H14F6N6O. The van der Waals surface area contributed by atoms with Gasteiger partial charge in [0.2, 0.25) is 0 Å². The summed E-state index contributed by atoms with van der Waals surface area (Å²) in [6, 6.07) is 9.53. The Labute approximate surface area is 187 Å². The van der Waals surface area contributed by atoms with Crippen LogP contribution in [0.5, 0.6) is 0 Å². The topological polar surface area (TPSA) is 84.2 Å². The van der Waals surface area contributed by atoms with Crippen LogP contribution in [0.15, 0.2) is 54.6 Å². The van der Waals surface area contributed by atoms with E-state index in [0.29, 0.717) is 34.9 Å². The van der Waals surface area contributed by atoms with E-state index >= 15 is 0 Å². The number of fused-ring (bicyclic) bond motifs is 1. The quantitative estimate of drug-likeness (QED) is 0.364. The molecule has 0 fully saturated rings. The molecule has 13 heteroatoms. The lowest BCUT2D eigenvalue weighted by Gasteiger charge is -2.15. The highest BCUT2D eigenvalue weighted by atomic mass is 19.4. The van der Waals surface area contributed by atoms with Crippen LogP contribution >= 0.6 is 0 Å². The third-order valence-corrected chi connectivity index (χ3v) is 4.68. The summed E-state index contributed by atoms with van der Waals surface area (Å²) in [5, 5.41) is 16.7. The van der Waals surface area contributed by atoms with Gasteiger partial charge in [0.25, 0.3) is 0 Å². The first-order valence-electron chi connectivity index (χ1n) is 9.57. The first-order valence-corrected chi connectivity index (χ1v) is 9.57. The normalized spacial score (nSPS) is 12.1. The zero-order valence-electron chi connectivity index (χ0n) is 17.2. The van der Waals surface area contributed by atoms with Crippen molar-refractivity contribution in [3.63, 3.8) is 0 Å². The molecule has 4 rings (SSSR count). The minimum absolute atomic E-state index is 0.0200. The third kappa shape index (κ3) is 4.92. The van der Waals surface area contributed by atoms with E-state index in [0.717, 1.165) is 0 Å². The number of benzene rings is 2. The fraction of sp³-hybridized carbons (Fsp3) is 0.143. The standard InChI is InChI=1S/C21H14F6N6O/c1-11-30-31-18-6-5-17(32-33(11)18)12-3-2-4-15(7-12)28-19(34)29-16-9-13(20(22,23)24)8-14(10-16)21(25,26)27/h2-10H,1H3,(H2,28,29,34). The Balaban J connectivity index is 1.56. The molecule has 176 valence electrons. The van der Waals surface area contributed by atoms with E-state index < -0.39 is 35.2 Å². The van der Waals surface area contributed by atoms with Gasteiger partial charge in [-0.2, -0.15) is 36.0 Å². The van der Waals surface area contributed by atoms with Crippen molar-refractivity contribution >= 4 is 23.1 Å². The van der Waals surface area contributed by atoms with Gasteiger partial charge in [-0.25, -0.2) is 4.79 Å². The Kier molecular flexibility index (Phi) is 5.63. The van der Waals surface area contributed by atoms with Crippen molar-refractivity contribution in [2.45, 2.75) is 19.3 Å².